The number of hydrogen-bond donors (Lipinski definition) is 0. The molecule has 0 spiro atoms. The van der Waals surface area contributed by atoms with Crippen LogP contribution >= 0.6 is 0 Å². The zero-order chi connectivity index (χ0) is 19.8. The van der Waals surface area contributed by atoms with Crippen LogP contribution in [0.5, 0.6) is 0 Å². The largest absolute Gasteiger partial charge is 0.440 e. The Morgan fingerprint density at radius 1 is 1.03 bits per heavy atom. The summed E-state index contributed by atoms with van der Waals surface area (Å²) >= 11 is 0. The maximum atomic E-state index is 13.2. The van der Waals surface area contributed by atoms with Crippen LogP contribution in [-0.4, -0.2) is 28.9 Å². The van der Waals surface area contributed by atoms with Gasteiger partial charge >= 0.3 is 0 Å². The van der Waals surface area contributed by atoms with Crippen molar-refractivity contribution in [3.05, 3.63) is 83.5 Å². The minimum absolute atomic E-state index is 0.0766. The lowest BCUT2D eigenvalue weighted by molar-refractivity contribution is 0.0765. The Morgan fingerprint density at radius 3 is 2.45 bits per heavy atom. The lowest BCUT2D eigenvalue weighted by Crippen LogP contribution is -2.35. The Bertz CT molecular complexity index is 1070. The van der Waals surface area contributed by atoms with Gasteiger partial charge in [0.05, 0.1) is 0 Å². The molecule has 4 nitrogen and oxygen atoms in total. The van der Waals surface area contributed by atoms with Crippen LogP contribution in [0, 0.1) is 5.82 Å². The van der Waals surface area contributed by atoms with Gasteiger partial charge < -0.3 is 9.32 Å². The number of carbonyl (C=O) groups excluding carboxylic acids is 1. The van der Waals surface area contributed by atoms with Crippen LogP contribution in [0.15, 0.2) is 65.1 Å². The summed E-state index contributed by atoms with van der Waals surface area (Å²) in [5.74, 6) is 1.22. The zero-order valence-corrected chi connectivity index (χ0v) is 16.0. The number of carbonyl (C=O) groups is 1. The molecular formula is C24H21FN2O2. The second-order valence-corrected chi connectivity index (χ2v) is 7.61. The van der Waals surface area contributed by atoms with Crippen molar-refractivity contribution >= 4 is 11.5 Å². The van der Waals surface area contributed by atoms with E-state index in [0.29, 0.717) is 30.6 Å². The second-order valence-electron chi connectivity index (χ2n) is 7.61. The van der Waals surface area contributed by atoms with Gasteiger partial charge in [-0.05, 0) is 54.7 Å². The number of amides is 1. The molecule has 0 N–H and O–H groups in total. The first kappa shape index (κ1) is 17.9. The van der Waals surface area contributed by atoms with Crippen molar-refractivity contribution < 1.29 is 13.6 Å². The van der Waals surface area contributed by atoms with Gasteiger partial charge in [-0.2, -0.15) is 0 Å². The highest BCUT2D eigenvalue weighted by Gasteiger charge is 2.35. The third-order valence-electron chi connectivity index (χ3n) is 5.54. The average molecular weight is 388 g/mol. The molecule has 5 rings (SSSR count). The van der Waals surface area contributed by atoms with Crippen molar-refractivity contribution in [1.29, 1.82) is 0 Å². The SMILES string of the molecule is O=C(c1nc(-c2ccccc2)oc1C1CC1)N1CC=C(c2ccc(F)cc2)CC1. The maximum Gasteiger partial charge on any atom is 0.276 e. The Morgan fingerprint density at radius 2 is 1.79 bits per heavy atom. The molecule has 5 heteroatoms. The fraction of sp³-hybridized carbons (Fsp3) is 0.250. The van der Waals surface area contributed by atoms with E-state index < -0.39 is 0 Å². The highest BCUT2D eigenvalue weighted by molar-refractivity contribution is 5.94. The van der Waals surface area contributed by atoms with Gasteiger partial charge in [-0.3, -0.25) is 4.79 Å². The van der Waals surface area contributed by atoms with E-state index in [4.69, 9.17) is 4.42 Å². The number of oxazole rings is 1. The number of nitrogens with zero attached hydrogens (tertiary/aromatic N) is 2. The van der Waals surface area contributed by atoms with Gasteiger partial charge in [-0.15, -0.1) is 0 Å². The minimum atomic E-state index is -0.241. The predicted octanol–water partition coefficient (Wildman–Crippen LogP) is 5.29. The molecule has 2 aromatic carbocycles. The molecule has 2 heterocycles. The summed E-state index contributed by atoms with van der Waals surface area (Å²) in [5.41, 5.74) is 3.47. The third-order valence-corrected chi connectivity index (χ3v) is 5.54. The van der Waals surface area contributed by atoms with Crippen molar-refractivity contribution in [2.75, 3.05) is 13.1 Å². The average Bonchev–Trinajstić information content (AvgIpc) is 3.52. The highest BCUT2D eigenvalue weighted by Crippen LogP contribution is 2.43. The van der Waals surface area contributed by atoms with Gasteiger partial charge in [0.15, 0.2) is 5.69 Å². The number of rotatable bonds is 4. The standard InChI is InChI=1S/C24H21FN2O2/c25-20-10-8-16(9-11-20)17-12-14-27(15-13-17)24(28)21-22(18-6-7-18)29-23(26-21)19-4-2-1-3-5-19/h1-5,8-12,18H,6-7,13-15H2. The first-order valence-corrected chi connectivity index (χ1v) is 9.99. The first-order valence-electron chi connectivity index (χ1n) is 9.99. The Kier molecular flexibility index (Phi) is 4.51. The van der Waals surface area contributed by atoms with Crippen LogP contribution < -0.4 is 0 Å². The topological polar surface area (TPSA) is 46.3 Å². The summed E-state index contributed by atoms with van der Waals surface area (Å²) in [7, 11) is 0. The molecule has 0 atom stereocenters. The summed E-state index contributed by atoms with van der Waals surface area (Å²) in [4.78, 5) is 19.6. The number of aromatic nitrogens is 1. The summed E-state index contributed by atoms with van der Waals surface area (Å²) in [6, 6.07) is 16.2. The quantitative estimate of drug-likeness (QED) is 0.610. The zero-order valence-electron chi connectivity index (χ0n) is 16.0. The maximum absolute atomic E-state index is 13.2. The van der Waals surface area contributed by atoms with E-state index >= 15 is 0 Å². The van der Waals surface area contributed by atoms with Crippen molar-refractivity contribution in [1.82, 2.24) is 9.88 Å². The number of halogens is 1. The van der Waals surface area contributed by atoms with E-state index in [1.165, 1.54) is 12.1 Å². The third kappa shape index (κ3) is 3.60. The normalized spacial score (nSPS) is 16.6. The van der Waals surface area contributed by atoms with Gasteiger partial charge in [0, 0.05) is 24.6 Å². The van der Waals surface area contributed by atoms with Crippen LogP contribution in [0.4, 0.5) is 4.39 Å². The number of hydrogen-bond acceptors (Lipinski definition) is 3. The molecule has 3 aromatic rings. The van der Waals surface area contributed by atoms with E-state index in [1.54, 1.807) is 12.1 Å². The molecule has 1 fully saturated rings. The monoisotopic (exact) mass is 388 g/mol. The molecule has 0 unspecified atom stereocenters. The van der Waals surface area contributed by atoms with Gasteiger partial charge in [-0.25, -0.2) is 9.37 Å². The van der Waals surface area contributed by atoms with Crippen LogP contribution in [0.3, 0.4) is 0 Å². The molecule has 1 aromatic heterocycles. The van der Waals surface area contributed by atoms with Gasteiger partial charge in [0.2, 0.25) is 5.89 Å². The lowest BCUT2D eigenvalue weighted by atomic mass is 9.99. The molecule has 1 aliphatic heterocycles. The van der Waals surface area contributed by atoms with Crippen molar-refractivity contribution in [3.63, 3.8) is 0 Å². The van der Waals surface area contributed by atoms with Gasteiger partial charge in [-0.1, -0.05) is 36.4 Å². The minimum Gasteiger partial charge on any atom is -0.440 e. The second kappa shape index (κ2) is 7.32. The van der Waals surface area contributed by atoms with Gasteiger partial charge in [0.25, 0.3) is 5.91 Å². The molecule has 146 valence electrons. The fourth-order valence-electron chi connectivity index (χ4n) is 3.74. The Hall–Kier alpha value is -3.21. The van der Waals surface area contributed by atoms with E-state index in [9.17, 15) is 9.18 Å². The van der Waals surface area contributed by atoms with Crippen molar-refractivity contribution in [3.8, 4) is 11.5 Å². The molecule has 1 saturated carbocycles. The van der Waals surface area contributed by atoms with Crippen LogP contribution in [0.2, 0.25) is 0 Å². The van der Waals surface area contributed by atoms with Crippen LogP contribution in [0.1, 0.15) is 47.0 Å². The van der Waals surface area contributed by atoms with E-state index in [-0.39, 0.29) is 11.7 Å². The summed E-state index contributed by atoms with van der Waals surface area (Å²) in [5, 5.41) is 0. The summed E-state index contributed by atoms with van der Waals surface area (Å²) in [6.07, 6.45) is 4.86. The van der Waals surface area contributed by atoms with Crippen molar-refractivity contribution in [2.24, 2.45) is 0 Å². The summed E-state index contributed by atoms with van der Waals surface area (Å²) in [6.45, 7) is 1.13. The van der Waals surface area contributed by atoms with E-state index in [1.807, 2.05) is 41.3 Å². The molecule has 1 aliphatic carbocycles. The molecule has 1 amide bonds. The fourth-order valence-corrected chi connectivity index (χ4v) is 3.74. The van der Waals surface area contributed by atoms with Crippen molar-refractivity contribution in [2.45, 2.75) is 25.2 Å². The molecule has 29 heavy (non-hydrogen) atoms. The van der Waals surface area contributed by atoms with Crippen LogP contribution in [0.25, 0.3) is 17.0 Å². The Labute approximate surface area is 168 Å². The molecule has 0 saturated heterocycles. The summed E-state index contributed by atoms with van der Waals surface area (Å²) < 4.78 is 19.2. The van der Waals surface area contributed by atoms with Gasteiger partial charge in [0.1, 0.15) is 11.6 Å². The molecule has 2 aliphatic rings. The lowest BCUT2D eigenvalue weighted by Gasteiger charge is -2.26. The Balaban J connectivity index is 1.38. The highest BCUT2D eigenvalue weighted by atomic mass is 19.1. The first-order chi connectivity index (χ1) is 14.2. The molecular weight excluding hydrogens is 367 g/mol. The molecule has 0 radical (unpaired) electrons. The molecule has 0 bridgehead atoms. The van der Waals surface area contributed by atoms with E-state index in [0.717, 1.165) is 41.7 Å². The number of benzene rings is 2. The smallest absolute Gasteiger partial charge is 0.276 e. The van der Waals surface area contributed by atoms with E-state index in [2.05, 4.69) is 4.98 Å². The van der Waals surface area contributed by atoms with Crippen LogP contribution in [-0.2, 0) is 0 Å². The predicted molar refractivity (Wildman–Crippen MR) is 109 cm³/mol.